The number of carbonyl (C=O) groups is 2. The number of nitrogens with zero attached hydrogens (tertiary/aromatic N) is 3. The predicted octanol–water partition coefficient (Wildman–Crippen LogP) is 4.00. The lowest BCUT2D eigenvalue weighted by atomic mass is 10.2. The van der Waals surface area contributed by atoms with Crippen LogP contribution in [-0.4, -0.2) is 39.8 Å². The zero-order chi connectivity index (χ0) is 19.5. The minimum Gasteiger partial charge on any atom is -0.339 e. The van der Waals surface area contributed by atoms with E-state index >= 15 is 0 Å². The lowest BCUT2D eigenvalue weighted by molar-refractivity contribution is 0.0792. The summed E-state index contributed by atoms with van der Waals surface area (Å²) in [6.07, 6.45) is 3.83. The fourth-order valence-electron chi connectivity index (χ4n) is 3.19. The Morgan fingerprint density at radius 2 is 1.82 bits per heavy atom. The third-order valence-corrected chi connectivity index (χ3v) is 5.85. The lowest BCUT2D eigenvalue weighted by Gasteiger charge is -2.15. The molecule has 3 aromatic rings. The molecule has 0 atom stereocenters. The van der Waals surface area contributed by atoms with E-state index in [4.69, 9.17) is 0 Å². The molecule has 0 bridgehead atoms. The van der Waals surface area contributed by atoms with Gasteiger partial charge < -0.3 is 10.2 Å². The van der Waals surface area contributed by atoms with Crippen LogP contribution in [0.15, 0.2) is 48.7 Å². The van der Waals surface area contributed by atoms with Crippen molar-refractivity contribution in [1.29, 1.82) is 0 Å². The van der Waals surface area contributed by atoms with Gasteiger partial charge in [0.25, 0.3) is 11.8 Å². The molecule has 142 valence electrons. The molecule has 0 saturated carbocycles. The highest BCUT2D eigenvalue weighted by Crippen LogP contribution is 2.27. The summed E-state index contributed by atoms with van der Waals surface area (Å²) in [5.41, 5.74) is 2.71. The van der Waals surface area contributed by atoms with Gasteiger partial charge in [-0.15, -0.1) is 11.3 Å². The fraction of sp³-hybridized carbons (Fsp3) is 0.238. The van der Waals surface area contributed by atoms with E-state index in [1.54, 1.807) is 30.5 Å². The van der Waals surface area contributed by atoms with E-state index in [1.807, 2.05) is 30.0 Å². The van der Waals surface area contributed by atoms with Crippen LogP contribution in [0.3, 0.4) is 0 Å². The van der Waals surface area contributed by atoms with Gasteiger partial charge in [-0.05, 0) is 56.2 Å². The number of benzene rings is 1. The predicted molar refractivity (Wildman–Crippen MR) is 110 cm³/mol. The van der Waals surface area contributed by atoms with Crippen molar-refractivity contribution >= 4 is 28.8 Å². The molecule has 1 aliphatic rings. The zero-order valence-electron chi connectivity index (χ0n) is 15.5. The van der Waals surface area contributed by atoms with Crippen LogP contribution in [0.25, 0.3) is 10.7 Å². The van der Waals surface area contributed by atoms with Crippen LogP contribution in [-0.2, 0) is 0 Å². The molecule has 3 heterocycles. The van der Waals surface area contributed by atoms with Gasteiger partial charge in [0.1, 0.15) is 9.88 Å². The molecule has 7 heteroatoms. The molecule has 1 aromatic carbocycles. The Hall–Kier alpha value is -3.06. The molecule has 0 radical (unpaired) electrons. The fourth-order valence-corrected chi connectivity index (χ4v) is 4.13. The van der Waals surface area contributed by atoms with Crippen LogP contribution in [0.5, 0.6) is 0 Å². The van der Waals surface area contributed by atoms with Crippen LogP contribution in [0, 0.1) is 6.92 Å². The van der Waals surface area contributed by atoms with Crippen LogP contribution in [0.1, 0.15) is 38.6 Å². The van der Waals surface area contributed by atoms with Crippen molar-refractivity contribution in [2.24, 2.45) is 0 Å². The Labute approximate surface area is 167 Å². The van der Waals surface area contributed by atoms with Crippen LogP contribution in [0.2, 0.25) is 0 Å². The molecular formula is C21H20N4O2S. The van der Waals surface area contributed by atoms with Gasteiger partial charge in [-0.1, -0.05) is 6.07 Å². The molecule has 1 fully saturated rings. The average Bonchev–Trinajstić information content (AvgIpc) is 3.39. The highest BCUT2D eigenvalue weighted by molar-refractivity contribution is 7.17. The van der Waals surface area contributed by atoms with Gasteiger partial charge in [-0.3, -0.25) is 14.6 Å². The molecule has 1 aliphatic heterocycles. The Morgan fingerprint density at radius 3 is 2.50 bits per heavy atom. The number of rotatable bonds is 4. The van der Waals surface area contributed by atoms with Crippen molar-refractivity contribution in [2.45, 2.75) is 19.8 Å². The Morgan fingerprint density at radius 1 is 1.07 bits per heavy atom. The number of amides is 2. The first kappa shape index (κ1) is 18.3. The first-order valence-corrected chi connectivity index (χ1v) is 10.0. The van der Waals surface area contributed by atoms with E-state index < -0.39 is 0 Å². The van der Waals surface area contributed by atoms with Crippen molar-refractivity contribution < 1.29 is 9.59 Å². The molecule has 0 spiro atoms. The topological polar surface area (TPSA) is 75.2 Å². The summed E-state index contributed by atoms with van der Waals surface area (Å²) < 4.78 is 0. The number of carbonyl (C=O) groups excluding carboxylic acids is 2. The molecule has 4 rings (SSSR count). The molecular weight excluding hydrogens is 372 g/mol. The number of aryl methyl sites for hydroxylation is 1. The number of anilines is 1. The normalized spacial score (nSPS) is 13.5. The van der Waals surface area contributed by atoms with Crippen LogP contribution >= 0.6 is 11.3 Å². The van der Waals surface area contributed by atoms with E-state index in [1.165, 1.54) is 11.3 Å². The molecule has 28 heavy (non-hydrogen) atoms. The number of nitrogens with one attached hydrogen (secondary N) is 1. The molecule has 1 saturated heterocycles. The molecule has 1 N–H and O–H groups in total. The molecule has 0 aliphatic carbocycles. The summed E-state index contributed by atoms with van der Waals surface area (Å²) in [5.74, 6) is -0.163. The molecule has 2 amide bonds. The maximum absolute atomic E-state index is 12.7. The quantitative estimate of drug-likeness (QED) is 0.728. The highest BCUT2D eigenvalue weighted by atomic mass is 32.1. The van der Waals surface area contributed by atoms with E-state index in [-0.39, 0.29) is 11.8 Å². The van der Waals surface area contributed by atoms with Gasteiger partial charge in [0, 0.05) is 30.5 Å². The maximum atomic E-state index is 12.7. The van der Waals surface area contributed by atoms with E-state index in [0.29, 0.717) is 21.8 Å². The minimum absolute atomic E-state index is 0.0497. The van der Waals surface area contributed by atoms with E-state index in [0.717, 1.165) is 36.6 Å². The summed E-state index contributed by atoms with van der Waals surface area (Å²) in [6.45, 7) is 3.46. The SMILES string of the molecule is Cc1nc(-c2ccccn2)sc1C(=O)Nc1ccc(C(=O)N2CCCC2)cc1. The summed E-state index contributed by atoms with van der Waals surface area (Å²) in [7, 11) is 0. The monoisotopic (exact) mass is 392 g/mol. The second-order valence-corrected chi connectivity index (χ2v) is 7.68. The maximum Gasteiger partial charge on any atom is 0.267 e. The minimum atomic E-state index is -0.212. The highest BCUT2D eigenvalue weighted by Gasteiger charge is 2.20. The van der Waals surface area contributed by atoms with Gasteiger partial charge in [0.15, 0.2) is 0 Å². The van der Waals surface area contributed by atoms with Crippen LogP contribution < -0.4 is 5.32 Å². The standard InChI is InChI=1S/C21H20N4O2S/c1-14-18(28-20(23-14)17-6-2-3-11-22-17)19(26)24-16-9-7-15(8-10-16)21(27)25-12-4-5-13-25/h2-3,6-11H,4-5,12-13H2,1H3,(H,24,26). The van der Waals surface area contributed by atoms with Crippen molar-refractivity contribution in [3.8, 4) is 10.7 Å². The summed E-state index contributed by atoms with van der Waals surface area (Å²) in [4.78, 5) is 36.3. The lowest BCUT2D eigenvalue weighted by Crippen LogP contribution is -2.27. The number of aromatic nitrogens is 2. The Bertz CT molecular complexity index is 993. The smallest absolute Gasteiger partial charge is 0.267 e. The van der Waals surface area contributed by atoms with Crippen molar-refractivity contribution in [3.63, 3.8) is 0 Å². The average molecular weight is 392 g/mol. The van der Waals surface area contributed by atoms with Crippen molar-refractivity contribution in [2.75, 3.05) is 18.4 Å². The molecule has 2 aromatic heterocycles. The van der Waals surface area contributed by atoms with Gasteiger partial charge in [0.05, 0.1) is 11.4 Å². The second kappa shape index (κ2) is 7.90. The van der Waals surface area contributed by atoms with Gasteiger partial charge in [-0.25, -0.2) is 4.98 Å². The number of pyridine rings is 1. The second-order valence-electron chi connectivity index (χ2n) is 6.68. The summed E-state index contributed by atoms with van der Waals surface area (Å²) in [5, 5.41) is 3.60. The Kier molecular flexibility index (Phi) is 5.16. The number of likely N-dealkylation sites (tertiary alicyclic amines) is 1. The zero-order valence-corrected chi connectivity index (χ0v) is 16.3. The van der Waals surface area contributed by atoms with Crippen LogP contribution in [0.4, 0.5) is 5.69 Å². The van der Waals surface area contributed by atoms with Gasteiger partial charge in [-0.2, -0.15) is 0 Å². The third-order valence-electron chi connectivity index (χ3n) is 4.67. The van der Waals surface area contributed by atoms with E-state index in [2.05, 4.69) is 15.3 Å². The number of thiazole rings is 1. The van der Waals surface area contributed by atoms with Crippen molar-refractivity contribution in [1.82, 2.24) is 14.9 Å². The molecule has 6 nitrogen and oxygen atoms in total. The Balaban J connectivity index is 1.46. The van der Waals surface area contributed by atoms with Gasteiger partial charge in [0.2, 0.25) is 0 Å². The largest absolute Gasteiger partial charge is 0.339 e. The molecule has 0 unspecified atom stereocenters. The summed E-state index contributed by atoms with van der Waals surface area (Å²) >= 11 is 1.32. The number of hydrogen-bond donors (Lipinski definition) is 1. The summed E-state index contributed by atoms with van der Waals surface area (Å²) in [6, 6.07) is 12.6. The first-order chi connectivity index (χ1) is 13.6. The first-order valence-electron chi connectivity index (χ1n) is 9.21. The third kappa shape index (κ3) is 3.80. The van der Waals surface area contributed by atoms with Gasteiger partial charge >= 0.3 is 0 Å². The van der Waals surface area contributed by atoms with Crippen molar-refractivity contribution in [3.05, 3.63) is 64.8 Å². The number of hydrogen-bond acceptors (Lipinski definition) is 5. The van der Waals surface area contributed by atoms with E-state index in [9.17, 15) is 9.59 Å².